The molecule has 0 N–H and O–H groups in total. The number of anilines is 3. The van der Waals surface area contributed by atoms with Crippen molar-refractivity contribution in [2.75, 3.05) is 4.90 Å². The highest BCUT2D eigenvalue weighted by Gasteiger charge is 2.44. The molecule has 0 amide bonds. The molecule has 0 unspecified atom stereocenters. The topological polar surface area (TPSA) is 3.24 Å². The van der Waals surface area contributed by atoms with Crippen LogP contribution in [-0.4, -0.2) is 0 Å². The van der Waals surface area contributed by atoms with Crippen LogP contribution in [-0.2, 0) is 10.8 Å². The van der Waals surface area contributed by atoms with Gasteiger partial charge in [-0.05, 0) is 193 Å². The first-order chi connectivity index (χ1) is 40.3. The molecule has 1 heterocycles. The van der Waals surface area contributed by atoms with Gasteiger partial charge in [0, 0.05) is 48.1 Å². The van der Waals surface area contributed by atoms with Gasteiger partial charge in [-0.25, -0.2) is 0 Å². The summed E-state index contributed by atoms with van der Waals surface area (Å²) in [7, 11) is 0. The van der Waals surface area contributed by atoms with E-state index in [9.17, 15) is 0 Å². The van der Waals surface area contributed by atoms with Crippen LogP contribution in [0.3, 0.4) is 0 Å². The molecule has 0 spiro atoms. The van der Waals surface area contributed by atoms with Crippen LogP contribution in [0.2, 0.25) is 0 Å². The van der Waals surface area contributed by atoms with E-state index in [0.29, 0.717) is 0 Å². The number of hydrogen-bond donors (Lipinski definition) is 0. The monoisotopic (exact) mass is 1080 g/mol. The molecular weight excluding hydrogens is 1010 g/mol. The summed E-state index contributed by atoms with van der Waals surface area (Å²) in [5.74, 6) is 0. The van der Waals surface area contributed by atoms with E-state index < -0.39 is 0 Å². The summed E-state index contributed by atoms with van der Waals surface area (Å²) in [6.07, 6.45) is 14.2. The van der Waals surface area contributed by atoms with Crippen LogP contribution >= 0.6 is 11.3 Å². The Labute approximate surface area is 490 Å². The van der Waals surface area contributed by atoms with E-state index in [2.05, 4.69) is 247 Å². The van der Waals surface area contributed by atoms with Gasteiger partial charge in [-0.15, -0.1) is 11.3 Å². The number of rotatable bonds is 17. The van der Waals surface area contributed by atoms with Crippen molar-refractivity contribution in [3.63, 3.8) is 0 Å². The highest BCUT2D eigenvalue weighted by Crippen LogP contribution is 2.59. The standard InChI is InChI=1S/C80H75NS/c1-7-11-42-79(43-12-8-2)70-46-52(5)30-38-60(70)62-40-36-58(50-72(62)79)81(59-37-41-63-61-39-31-53(6)47-71(61)80(44-13-9-3,45-14-10-4)73(63)51-59)57-35-34-54-48-56(33-32-55(54)49-57)76-64-22-15-17-24-66(64)77(67-25-18-16-23-65(67)76)69-27-21-29-75-78(69)68-26-19-20-28-74(68)82-75/h15-41,46-51H,7-14,42-45H2,1-6H3. The number of thiophene rings is 1. The summed E-state index contributed by atoms with van der Waals surface area (Å²) in [5, 5.41) is 10.3. The van der Waals surface area contributed by atoms with Crippen LogP contribution in [0, 0.1) is 13.8 Å². The lowest BCUT2D eigenvalue weighted by Gasteiger charge is -2.35. The molecule has 14 rings (SSSR count). The normalized spacial score (nSPS) is 13.8. The molecule has 11 aromatic carbocycles. The Hall–Kier alpha value is -7.78. The lowest BCUT2D eigenvalue weighted by atomic mass is 9.70. The van der Waals surface area contributed by atoms with Crippen LogP contribution in [0.1, 0.15) is 138 Å². The lowest BCUT2D eigenvalue weighted by Crippen LogP contribution is -2.26. The van der Waals surface area contributed by atoms with Crippen molar-refractivity contribution in [3.05, 3.63) is 234 Å². The molecular formula is C80H75NS. The van der Waals surface area contributed by atoms with E-state index in [1.807, 2.05) is 11.3 Å². The highest BCUT2D eigenvalue weighted by molar-refractivity contribution is 7.26. The van der Waals surface area contributed by atoms with Gasteiger partial charge in [0.25, 0.3) is 0 Å². The molecule has 2 heteroatoms. The van der Waals surface area contributed by atoms with E-state index >= 15 is 0 Å². The van der Waals surface area contributed by atoms with Crippen molar-refractivity contribution >= 4 is 80.9 Å². The minimum absolute atomic E-state index is 0.0325. The number of benzene rings is 11. The third kappa shape index (κ3) is 8.37. The van der Waals surface area contributed by atoms with Crippen molar-refractivity contribution < 1.29 is 0 Å². The van der Waals surface area contributed by atoms with Crippen LogP contribution in [0.15, 0.2) is 200 Å². The van der Waals surface area contributed by atoms with Gasteiger partial charge >= 0.3 is 0 Å². The van der Waals surface area contributed by atoms with Crippen LogP contribution in [0.5, 0.6) is 0 Å². The smallest absolute Gasteiger partial charge is 0.0468 e. The fourth-order valence-electron chi connectivity index (χ4n) is 15.4. The average Bonchev–Trinajstić information content (AvgIpc) is 3.34. The van der Waals surface area contributed by atoms with Crippen molar-refractivity contribution in [1.29, 1.82) is 0 Å². The fraction of sp³-hybridized carbons (Fsp3) is 0.250. The largest absolute Gasteiger partial charge is 0.310 e. The molecule has 2 aliphatic carbocycles. The molecule has 0 aliphatic heterocycles. The second kappa shape index (κ2) is 21.2. The second-order valence-corrected chi connectivity index (χ2v) is 25.4. The lowest BCUT2D eigenvalue weighted by molar-refractivity contribution is 0.414. The van der Waals surface area contributed by atoms with Crippen molar-refractivity contribution in [3.8, 4) is 44.5 Å². The Kier molecular flexibility index (Phi) is 13.5. The summed E-state index contributed by atoms with van der Waals surface area (Å²) in [6, 6.07) is 78.4. The molecule has 0 atom stereocenters. The summed E-state index contributed by atoms with van der Waals surface area (Å²) in [5.41, 5.74) is 23.2. The van der Waals surface area contributed by atoms with Gasteiger partial charge in [0.05, 0.1) is 0 Å². The Balaban J connectivity index is 0.955. The van der Waals surface area contributed by atoms with Crippen molar-refractivity contribution in [1.82, 2.24) is 0 Å². The molecule has 0 saturated heterocycles. The van der Waals surface area contributed by atoms with Gasteiger partial charge in [0.1, 0.15) is 0 Å². The number of fused-ring (bicyclic) bond motifs is 12. The number of aryl methyl sites for hydroxylation is 2. The van der Waals surface area contributed by atoms with Gasteiger partial charge in [-0.2, -0.15) is 0 Å². The predicted molar refractivity (Wildman–Crippen MR) is 357 cm³/mol. The summed E-state index contributed by atoms with van der Waals surface area (Å²) >= 11 is 1.89. The first kappa shape index (κ1) is 52.3. The Morgan fingerprint density at radius 3 is 1.28 bits per heavy atom. The van der Waals surface area contributed by atoms with E-state index in [1.165, 1.54) is 188 Å². The van der Waals surface area contributed by atoms with Crippen LogP contribution in [0.25, 0.3) is 97.0 Å². The maximum atomic E-state index is 2.64. The zero-order valence-corrected chi connectivity index (χ0v) is 49.7. The Morgan fingerprint density at radius 2 is 0.756 bits per heavy atom. The molecule has 406 valence electrons. The van der Waals surface area contributed by atoms with E-state index in [-0.39, 0.29) is 10.8 Å². The molecule has 1 aromatic heterocycles. The number of nitrogens with zero attached hydrogens (tertiary/aromatic N) is 1. The molecule has 1 nitrogen and oxygen atoms in total. The van der Waals surface area contributed by atoms with Gasteiger partial charge < -0.3 is 4.90 Å². The molecule has 0 fully saturated rings. The number of hydrogen-bond acceptors (Lipinski definition) is 2. The molecule has 12 aromatic rings. The van der Waals surface area contributed by atoms with Crippen LogP contribution in [0.4, 0.5) is 17.1 Å². The third-order valence-corrected chi connectivity index (χ3v) is 20.5. The summed E-state index contributed by atoms with van der Waals surface area (Å²) in [4.78, 5) is 2.63. The quantitative estimate of drug-likeness (QED) is 0.0822. The predicted octanol–water partition coefficient (Wildman–Crippen LogP) is 24.2. The molecule has 2 aliphatic rings. The van der Waals surface area contributed by atoms with Crippen LogP contribution < -0.4 is 4.90 Å². The second-order valence-electron chi connectivity index (χ2n) is 24.3. The summed E-state index contributed by atoms with van der Waals surface area (Å²) in [6.45, 7) is 14.0. The van der Waals surface area contributed by atoms with E-state index in [0.717, 1.165) is 25.7 Å². The van der Waals surface area contributed by atoms with Gasteiger partial charge in [0.15, 0.2) is 0 Å². The Bertz CT molecular complexity index is 4250. The van der Waals surface area contributed by atoms with Gasteiger partial charge in [-0.1, -0.05) is 236 Å². The maximum Gasteiger partial charge on any atom is 0.0468 e. The SMILES string of the molecule is CCCCC1(CCCC)c2cc(C)ccc2-c2ccc(N(c3ccc4c(c3)C(CCCC)(CCCC)c3cc(C)ccc3-4)c3ccc4cc(-c5c6ccccc6c(-c6cccc7sc8ccccc8c67)c6ccccc56)ccc4c3)cc21. The Morgan fingerprint density at radius 1 is 0.341 bits per heavy atom. The maximum absolute atomic E-state index is 2.64. The first-order valence-corrected chi connectivity index (χ1v) is 31.8. The van der Waals surface area contributed by atoms with Crippen molar-refractivity contribution in [2.24, 2.45) is 0 Å². The number of unbranched alkanes of at least 4 members (excludes halogenated alkanes) is 4. The molecule has 0 radical (unpaired) electrons. The zero-order valence-electron chi connectivity index (χ0n) is 48.9. The van der Waals surface area contributed by atoms with Gasteiger partial charge in [-0.3, -0.25) is 0 Å². The van der Waals surface area contributed by atoms with E-state index in [4.69, 9.17) is 0 Å². The summed E-state index contributed by atoms with van der Waals surface area (Å²) < 4.78 is 2.66. The highest BCUT2D eigenvalue weighted by atomic mass is 32.1. The molecule has 0 bridgehead atoms. The van der Waals surface area contributed by atoms with Gasteiger partial charge in [0.2, 0.25) is 0 Å². The first-order valence-electron chi connectivity index (χ1n) is 31.0. The molecule has 0 saturated carbocycles. The zero-order chi connectivity index (χ0) is 55.7. The minimum Gasteiger partial charge on any atom is -0.310 e. The average molecular weight is 1080 g/mol. The van der Waals surface area contributed by atoms with E-state index in [1.54, 1.807) is 11.1 Å². The minimum atomic E-state index is -0.0325. The molecule has 82 heavy (non-hydrogen) atoms. The third-order valence-electron chi connectivity index (χ3n) is 19.3. The fourth-order valence-corrected chi connectivity index (χ4v) is 16.5. The van der Waals surface area contributed by atoms with Crippen molar-refractivity contribution in [2.45, 2.75) is 129 Å².